The number of halogens is 1. The quantitative estimate of drug-likeness (QED) is 0.914. The van der Waals surface area contributed by atoms with Crippen LogP contribution in [0, 0.1) is 0 Å². The third-order valence-electron chi connectivity index (χ3n) is 2.25. The van der Waals surface area contributed by atoms with Crippen LogP contribution in [0.2, 0.25) is 5.28 Å². The van der Waals surface area contributed by atoms with E-state index in [2.05, 4.69) is 20.3 Å². The Morgan fingerprint density at radius 2 is 1.80 bits per heavy atom. The second-order valence-electron chi connectivity index (χ2n) is 4.23. The summed E-state index contributed by atoms with van der Waals surface area (Å²) in [5.74, 6) is 1.12. The van der Waals surface area contributed by atoms with Crippen LogP contribution in [-0.4, -0.2) is 28.2 Å². The summed E-state index contributed by atoms with van der Waals surface area (Å²) in [6.07, 6.45) is 0.139. The number of aromatic nitrogens is 3. The van der Waals surface area contributed by atoms with Crippen molar-refractivity contribution < 1.29 is 9.47 Å². The number of rotatable bonds is 5. The number of nitrogens with one attached hydrogen (secondary N) is 1. The number of hydrogen-bond donors (Lipinski definition) is 1. The Morgan fingerprint density at radius 3 is 2.40 bits per heavy atom. The van der Waals surface area contributed by atoms with Gasteiger partial charge in [-0.05, 0) is 49.7 Å². The topological polar surface area (TPSA) is 69.2 Å². The van der Waals surface area contributed by atoms with E-state index in [0.29, 0.717) is 5.95 Å². The number of nitrogens with zero attached hydrogens (tertiary/aromatic N) is 3. The lowest BCUT2D eigenvalue weighted by Crippen LogP contribution is -2.05. The minimum atomic E-state index is 0.0686. The molecule has 7 heteroatoms. The highest BCUT2D eigenvalue weighted by molar-refractivity contribution is 6.28. The van der Waals surface area contributed by atoms with E-state index in [-0.39, 0.29) is 17.4 Å². The molecule has 0 amide bonds. The van der Waals surface area contributed by atoms with E-state index in [4.69, 9.17) is 21.1 Å². The minimum Gasteiger partial charge on any atom is -0.491 e. The van der Waals surface area contributed by atoms with Gasteiger partial charge in [0.05, 0.1) is 13.2 Å². The standard InChI is InChI=1S/C13H15ClN4O2/c1-8(2)20-10-6-4-9(5-7-10)15-12-16-11(14)17-13(18-12)19-3/h4-8H,1-3H3,(H,15,16,17,18). The number of anilines is 2. The van der Waals surface area contributed by atoms with E-state index in [1.165, 1.54) is 7.11 Å². The first-order valence-corrected chi connectivity index (χ1v) is 6.44. The van der Waals surface area contributed by atoms with E-state index < -0.39 is 0 Å². The average molecular weight is 295 g/mol. The second-order valence-corrected chi connectivity index (χ2v) is 4.57. The highest BCUT2D eigenvalue weighted by Crippen LogP contribution is 2.20. The summed E-state index contributed by atoms with van der Waals surface area (Å²) in [6.45, 7) is 3.95. The molecule has 1 N–H and O–H groups in total. The smallest absolute Gasteiger partial charge is 0.322 e. The Kier molecular flexibility index (Phi) is 4.57. The predicted octanol–water partition coefficient (Wildman–Crippen LogP) is 3.06. The fourth-order valence-electron chi connectivity index (χ4n) is 1.50. The molecule has 0 aliphatic rings. The maximum atomic E-state index is 5.78. The van der Waals surface area contributed by atoms with Gasteiger partial charge in [0.1, 0.15) is 5.75 Å². The van der Waals surface area contributed by atoms with E-state index >= 15 is 0 Å². The molecule has 0 saturated heterocycles. The van der Waals surface area contributed by atoms with Crippen molar-refractivity contribution in [3.8, 4) is 11.8 Å². The molecular weight excluding hydrogens is 280 g/mol. The maximum Gasteiger partial charge on any atom is 0.322 e. The Morgan fingerprint density at radius 1 is 1.10 bits per heavy atom. The summed E-state index contributed by atoms with van der Waals surface area (Å²) < 4.78 is 10.5. The zero-order valence-electron chi connectivity index (χ0n) is 11.4. The lowest BCUT2D eigenvalue weighted by Gasteiger charge is -2.10. The first-order chi connectivity index (χ1) is 9.56. The molecule has 0 fully saturated rings. The third kappa shape index (κ3) is 3.96. The summed E-state index contributed by atoms with van der Waals surface area (Å²) in [5, 5.41) is 3.09. The molecule has 2 rings (SSSR count). The molecule has 0 unspecified atom stereocenters. The molecular formula is C13H15ClN4O2. The van der Waals surface area contributed by atoms with Crippen molar-refractivity contribution in [2.45, 2.75) is 20.0 Å². The number of ether oxygens (including phenoxy) is 2. The molecule has 0 atom stereocenters. The zero-order valence-corrected chi connectivity index (χ0v) is 12.2. The van der Waals surface area contributed by atoms with Gasteiger partial charge in [0, 0.05) is 5.69 Å². The van der Waals surface area contributed by atoms with Crippen LogP contribution in [-0.2, 0) is 0 Å². The van der Waals surface area contributed by atoms with Gasteiger partial charge < -0.3 is 14.8 Å². The Bertz CT molecular complexity index is 575. The van der Waals surface area contributed by atoms with Crippen molar-refractivity contribution in [1.29, 1.82) is 0 Å². The van der Waals surface area contributed by atoms with E-state index in [1.807, 2.05) is 38.1 Å². The molecule has 0 bridgehead atoms. The summed E-state index contributed by atoms with van der Waals surface area (Å²) in [7, 11) is 1.47. The minimum absolute atomic E-state index is 0.0686. The van der Waals surface area contributed by atoms with Crippen molar-refractivity contribution >= 4 is 23.2 Å². The van der Waals surface area contributed by atoms with Gasteiger partial charge in [-0.25, -0.2) is 0 Å². The number of methoxy groups -OCH3 is 1. The summed E-state index contributed by atoms with van der Waals surface area (Å²) >= 11 is 5.78. The van der Waals surface area contributed by atoms with Gasteiger partial charge in [-0.15, -0.1) is 0 Å². The SMILES string of the molecule is COc1nc(Cl)nc(Nc2ccc(OC(C)C)cc2)n1. The third-order valence-corrected chi connectivity index (χ3v) is 2.42. The molecule has 1 heterocycles. The van der Waals surface area contributed by atoms with Gasteiger partial charge in [0.2, 0.25) is 11.2 Å². The van der Waals surface area contributed by atoms with Gasteiger partial charge in [0.15, 0.2) is 0 Å². The molecule has 0 spiro atoms. The monoisotopic (exact) mass is 294 g/mol. The molecule has 1 aromatic carbocycles. The molecule has 106 valence electrons. The average Bonchev–Trinajstić information content (AvgIpc) is 2.39. The van der Waals surface area contributed by atoms with Gasteiger partial charge in [-0.1, -0.05) is 0 Å². The Hall–Kier alpha value is -2.08. The molecule has 0 aliphatic heterocycles. The molecule has 1 aromatic heterocycles. The molecule has 0 aliphatic carbocycles. The van der Waals surface area contributed by atoms with Gasteiger partial charge in [0.25, 0.3) is 0 Å². The van der Waals surface area contributed by atoms with E-state index in [9.17, 15) is 0 Å². The highest BCUT2D eigenvalue weighted by Gasteiger charge is 2.05. The number of benzene rings is 1. The molecule has 2 aromatic rings. The van der Waals surface area contributed by atoms with Crippen molar-refractivity contribution in [1.82, 2.24) is 15.0 Å². The summed E-state index contributed by atoms with van der Waals surface area (Å²) in [6, 6.07) is 7.61. The van der Waals surface area contributed by atoms with Crippen molar-refractivity contribution in [2.75, 3.05) is 12.4 Å². The van der Waals surface area contributed by atoms with Crippen LogP contribution in [0.5, 0.6) is 11.8 Å². The van der Waals surface area contributed by atoms with Crippen LogP contribution >= 0.6 is 11.6 Å². The van der Waals surface area contributed by atoms with Crippen LogP contribution in [0.1, 0.15) is 13.8 Å². The molecule has 0 saturated carbocycles. The molecule has 6 nitrogen and oxygen atoms in total. The highest BCUT2D eigenvalue weighted by atomic mass is 35.5. The number of hydrogen-bond acceptors (Lipinski definition) is 6. The molecule has 0 radical (unpaired) electrons. The van der Waals surface area contributed by atoms with Crippen molar-refractivity contribution in [2.24, 2.45) is 0 Å². The Labute approximate surface area is 122 Å². The summed E-state index contributed by atoms with van der Waals surface area (Å²) in [4.78, 5) is 11.8. The van der Waals surface area contributed by atoms with Crippen LogP contribution in [0.4, 0.5) is 11.6 Å². The fourth-order valence-corrected chi connectivity index (χ4v) is 1.65. The Balaban J connectivity index is 2.11. The second kappa shape index (κ2) is 6.38. The fraction of sp³-hybridized carbons (Fsp3) is 0.308. The summed E-state index contributed by atoms with van der Waals surface area (Å²) in [5.41, 5.74) is 0.811. The van der Waals surface area contributed by atoms with Crippen LogP contribution in [0.25, 0.3) is 0 Å². The first-order valence-electron chi connectivity index (χ1n) is 6.06. The predicted molar refractivity (Wildman–Crippen MR) is 76.9 cm³/mol. The van der Waals surface area contributed by atoms with E-state index in [0.717, 1.165) is 11.4 Å². The van der Waals surface area contributed by atoms with Crippen LogP contribution in [0.15, 0.2) is 24.3 Å². The lowest BCUT2D eigenvalue weighted by molar-refractivity contribution is 0.242. The normalized spacial score (nSPS) is 10.4. The largest absolute Gasteiger partial charge is 0.491 e. The van der Waals surface area contributed by atoms with Gasteiger partial charge in [-0.3, -0.25) is 0 Å². The van der Waals surface area contributed by atoms with Gasteiger partial charge in [-0.2, -0.15) is 15.0 Å². The van der Waals surface area contributed by atoms with Crippen molar-refractivity contribution in [3.05, 3.63) is 29.5 Å². The zero-order chi connectivity index (χ0) is 14.5. The van der Waals surface area contributed by atoms with Crippen LogP contribution < -0.4 is 14.8 Å². The van der Waals surface area contributed by atoms with E-state index in [1.54, 1.807) is 0 Å². The maximum absolute atomic E-state index is 5.78. The van der Waals surface area contributed by atoms with Crippen LogP contribution in [0.3, 0.4) is 0 Å². The lowest BCUT2D eigenvalue weighted by atomic mass is 10.3. The first kappa shape index (κ1) is 14.3. The van der Waals surface area contributed by atoms with Gasteiger partial charge >= 0.3 is 6.01 Å². The van der Waals surface area contributed by atoms with Crippen molar-refractivity contribution in [3.63, 3.8) is 0 Å². The molecule has 20 heavy (non-hydrogen) atoms.